The molecule has 8 nitrogen and oxygen atoms in total. The lowest BCUT2D eigenvalue weighted by Gasteiger charge is -2.04. The van der Waals surface area contributed by atoms with Gasteiger partial charge in [0, 0.05) is 38.8 Å². The van der Waals surface area contributed by atoms with Crippen molar-refractivity contribution in [3.8, 4) is 0 Å². The van der Waals surface area contributed by atoms with Crippen LogP contribution in [0.15, 0.2) is 45.3 Å². The molecule has 0 bridgehead atoms. The number of nitrogens with zero attached hydrogens (tertiary/aromatic N) is 2. The van der Waals surface area contributed by atoms with E-state index in [-0.39, 0.29) is 17.2 Å². The third kappa shape index (κ3) is 6.62. The molecule has 0 aliphatic rings. The number of carbonyl (C=O) groups is 1. The van der Waals surface area contributed by atoms with Crippen molar-refractivity contribution in [3.05, 3.63) is 76.7 Å². The topological polar surface area (TPSA) is 124 Å². The molecule has 2 aromatic rings. The van der Waals surface area contributed by atoms with Gasteiger partial charge in [0.1, 0.15) is 0 Å². The summed E-state index contributed by atoms with van der Waals surface area (Å²) < 4.78 is 1.13. The number of rotatable bonds is 4. The van der Waals surface area contributed by atoms with E-state index >= 15 is 0 Å². The minimum Gasteiger partial charge on any atom is -0.389 e. The fraction of sp³-hybridized carbons (Fsp3) is 0.188. The molecule has 1 unspecified atom stereocenters. The third-order valence-corrected chi connectivity index (χ3v) is 4.01. The molecular formula is C16H14Br2N2O6. The quantitative estimate of drug-likeness (QED) is 0.367. The van der Waals surface area contributed by atoms with Crippen molar-refractivity contribution >= 4 is 49.0 Å². The van der Waals surface area contributed by atoms with Crippen molar-refractivity contribution in [3.63, 3.8) is 0 Å². The molecule has 2 rings (SSSR count). The van der Waals surface area contributed by atoms with Gasteiger partial charge in [0.05, 0.1) is 16.0 Å². The Balaban J connectivity index is 0.000000260. The molecule has 0 aliphatic carbocycles. The van der Waals surface area contributed by atoms with E-state index < -0.39 is 16.0 Å². The van der Waals surface area contributed by atoms with E-state index in [1.54, 1.807) is 19.1 Å². The minimum atomic E-state index is -0.698. The summed E-state index contributed by atoms with van der Waals surface area (Å²) in [6.45, 7) is 2.93. The van der Waals surface area contributed by atoms with Gasteiger partial charge in [-0.1, -0.05) is 31.9 Å². The second kappa shape index (κ2) is 9.51. The number of aliphatic hydroxyl groups is 1. The molecule has 138 valence electrons. The molecule has 0 amide bonds. The van der Waals surface area contributed by atoms with Gasteiger partial charge in [0.25, 0.3) is 11.4 Å². The van der Waals surface area contributed by atoms with Crippen LogP contribution in [0.25, 0.3) is 0 Å². The monoisotopic (exact) mass is 488 g/mol. The Hall–Kier alpha value is -2.17. The van der Waals surface area contributed by atoms with Crippen molar-refractivity contribution in [1.29, 1.82) is 0 Å². The molecule has 0 fully saturated rings. The van der Waals surface area contributed by atoms with E-state index in [0.717, 1.165) is 0 Å². The normalized spacial score (nSPS) is 11.1. The molecule has 0 aromatic heterocycles. The van der Waals surface area contributed by atoms with Crippen molar-refractivity contribution in [1.82, 2.24) is 0 Å². The van der Waals surface area contributed by atoms with Crippen LogP contribution in [0.2, 0.25) is 0 Å². The SMILES string of the molecule is CC(=O)c1cc(Br)cc([N+](=O)[O-])c1.CC(O)c1cc(Br)cc([N+](=O)[O-])c1. The first-order chi connectivity index (χ1) is 12.0. The van der Waals surface area contributed by atoms with Crippen LogP contribution < -0.4 is 0 Å². The summed E-state index contributed by atoms with van der Waals surface area (Å²) in [5, 5.41) is 30.0. The number of hydrogen-bond donors (Lipinski definition) is 1. The minimum absolute atomic E-state index is 0.0229. The Kier molecular flexibility index (Phi) is 8.00. The van der Waals surface area contributed by atoms with Gasteiger partial charge in [-0.2, -0.15) is 0 Å². The molecule has 0 aliphatic heterocycles. The number of carbonyl (C=O) groups excluding carboxylic acids is 1. The summed E-state index contributed by atoms with van der Waals surface area (Å²) in [5.74, 6) is -0.190. The van der Waals surface area contributed by atoms with Crippen LogP contribution in [0.5, 0.6) is 0 Å². The smallest absolute Gasteiger partial charge is 0.271 e. The van der Waals surface area contributed by atoms with E-state index in [1.165, 1.54) is 31.2 Å². The maximum absolute atomic E-state index is 10.9. The van der Waals surface area contributed by atoms with Gasteiger partial charge in [-0.25, -0.2) is 0 Å². The number of nitro benzene ring substituents is 2. The average molecular weight is 490 g/mol. The molecule has 0 saturated heterocycles. The van der Waals surface area contributed by atoms with Crippen molar-refractivity contribution in [2.24, 2.45) is 0 Å². The fourth-order valence-electron chi connectivity index (χ4n) is 1.83. The summed E-state index contributed by atoms with van der Waals surface area (Å²) in [4.78, 5) is 30.7. The van der Waals surface area contributed by atoms with E-state index in [9.17, 15) is 30.1 Å². The molecule has 0 heterocycles. The van der Waals surface area contributed by atoms with Gasteiger partial charge in [0.15, 0.2) is 5.78 Å². The zero-order valence-corrected chi connectivity index (χ0v) is 16.9. The predicted molar refractivity (Wildman–Crippen MR) is 102 cm³/mol. The Morgan fingerprint density at radius 2 is 1.42 bits per heavy atom. The highest BCUT2D eigenvalue weighted by Gasteiger charge is 2.11. The number of halogens is 2. The highest BCUT2D eigenvalue weighted by atomic mass is 79.9. The van der Waals surface area contributed by atoms with Crippen LogP contribution in [0.3, 0.4) is 0 Å². The van der Waals surface area contributed by atoms with E-state index in [4.69, 9.17) is 0 Å². The molecule has 0 spiro atoms. The van der Waals surface area contributed by atoms with Crippen LogP contribution in [0.4, 0.5) is 11.4 Å². The van der Waals surface area contributed by atoms with E-state index in [0.29, 0.717) is 20.1 Å². The number of hydrogen-bond acceptors (Lipinski definition) is 6. The van der Waals surface area contributed by atoms with Crippen molar-refractivity contribution in [2.45, 2.75) is 20.0 Å². The van der Waals surface area contributed by atoms with E-state index in [1.807, 2.05) is 0 Å². The number of aliphatic hydroxyl groups excluding tert-OH is 1. The Morgan fingerprint density at radius 1 is 0.962 bits per heavy atom. The molecule has 0 saturated carbocycles. The second-order valence-corrected chi connectivity index (χ2v) is 7.02. The number of nitro groups is 2. The standard InChI is InChI=1S/C8H8BrNO3.C8H6BrNO3/c2*1-5(11)6-2-7(9)4-8(3-6)10(12)13/h2-5,11H,1H3;2-4H,1H3. The Labute approximate surface area is 165 Å². The van der Waals surface area contributed by atoms with Gasteiger partial charge in [-0.05, 0) is 31.5 Å². The largest absolute Gasteiger partial charge is 0.389 e. The summed E-state index contributed by atoms with van der Waals surface area (Å²) in [7, 11) is 0. The summed E-state index contributed by atoms with van der Waals surface area (Å²) in [5.41, 5.74) is 0.756. The molecule has 10 heteroatoms. The molecular weight excluding hydrogens is 476 g/mol. The summed E-state index contributed by atoms with van der Waals surface area (Å²) in [6.07, 6.45) is -0.698. The highest BCUT2D eigenvalue weighted by molar-refractivity contribution is 9.10. The van der Waals surface area contributed by atoms with Gasteiger partial charge in [-0.3, -0.25) is 25.0 Å². The van der Waals surface area contributed by atoms with Gasteiger partial charge < -0.3 is 5.11 Å². The van der Waals surface area contributed by atoms with Crippen molar-refractivity contribution < 1.29 is 19.7 Å². The number of non-ortho nitro benzene ring substituents is 2. The average Bonchev–Trinajstić information content (AvgIpc) is 2.54. The van der Waals surface area contributed by atoms with E-state index in [2.05, 4.69) is 31.9 Å². The third-order valence-electron chi connectivity index (χ3n) is 3.10. The highest BCUT2D eigenvalue weighted by Crippen LogP contribution is 2.25. The zero-order chi connectivity index (χ0) is 20.0. The molecule has 1 atom stereocenters. The Bertz CT molecular complexity index is 822. The summed E-state index contributed by atoms with van der Waals surface area (Å²) >= 11 is 6.23. The molecule has 0 radical (unpaired) electrons. The predicted octanol–water partition coefficient (Wildman–Crippen LogP) is 4.97. The lowest BCUT2D eigenvalue weighted by molar-refractivity contribution is -0.385. The van der Waals surface area contributed by atoms with Crippen molar-refractivity contribution in [2.75, 3.05) is 0 Å². The number of Topliss-reactive ketones (excluding diaryl/α,β-unsaturated/α-hetero) is 1. The fourth-order valence-corrected chi connectivity index (χ4v) is 2.81. The maximum atomic E-state index is 10.9. The first-order valence-electron chi connectivity index (χ1n) is 7.10. The number of ketones is 1. The Morgan fingerprint density at radius 3 is 1.85 bits per heavy atom. The first kappa shape index (κ1) is 21.9. The van der Waals surface area contributed by atoms with Crippen LogP contribution >= 0.6 is 31.9 Å². The van der Waals surface area contributed by atoms with Crippen LogP contribution in [-0.4, -0.2) is 20.7 Å². The van der Waals surface area contributed by atoms with Crippen LogP contribution in [-0.2, 0) is 0 Å². The lowest BCUT2D eigenvalue weighted by atomic mass is 10.1. The lowest BCUT2D eigenvalue weighted by Crippen LogP contribution is -1.95. The molecule has 2 aromatic carbocycles. The van der Waals surface area contributed by atoms with Gasteiger partial charge >= 0.3 is 0 Å². The van der Waals surface area contributed by atoms with Crippen LogP contribution in [0, 0.1) is 20.2 Å². The molecule has 26 heavy (non-hydrogen) atoms. The second-order valence-electron chi connectivity index (χ2n) is 5.19. The van der Waals surface area contributed by atoms with Gasteiger partial charge in [0.2, 0.25) is 0 Å². The van der Waals surface area contributed by atoms with Gasteiger partial charge in [-0.15, -0.1) is 0 Å². The summed E-state index contributed by atoms with van der Waals surface area (Å²) in [6, 6.07) is 8.56. The van der Waals surface area contributed by atoms with Crippen LogP contribution in [0.1, 0.15) is 35.9 Å². The zero-order valence-electron chi connectivity index (χ0n) is 13.7. The maximum Gasteiger partial charge on any atom is 0.271 e. The first-order valence-corrected chi connectivity index (χ1v) is 8.68. The molecule has 1 N–H and O–H groups in total. The number of benzene rings is 2.